The van der Waals surface area contributed by atoms with Gasteiger partial charge >= 0.3 is 0 Å². The molecule has 1 atom stereocenters. The molecule has 0 amide bonds. The Balaban J connectivity index is 2.20. The second-order valence-electron chi connectivity index (χ2n) is 4.58. The van der Waals surface area contributed by atoms with Crippen molar-refractivity contribution in [2.45, 2.75) is 26.3 Å². The number of hydrogen-bond acceptors (Lipinski definition) is 5. The van der Waals surface area contributed by atoms with E-state index in [0.29, 0.717) is 17.6 Å². The van der Waals surface area contributed by atoms with E-state index < -0.39 is 0 Å². The number of nitrogens with zero attached hydrogens (tertiary/aromatic N) is 3. The summed E-state index contributed by atoms with van der Waals surface area (Å²) in [5.74, 6) is 1.47. The highest BCUT2D eigenvalue weighted by Crippen LogP contribution is 2.22. The van der Waals surface area contributed by atoms with E-state index in [1.165, 1.54) is 0 Å². The van der Waals surface area contributed by atoms with Crippen LogP contribution in [0, 0.1) is 5.92 Å². The van der Waals surface area contributed by atoms with Gasteiger partial charge in [-0.1, -0.05) is 19.0 Å². The lowest BCUT2D eigenvalue weighted by atomic mass is 10.0. The van der Waals surface area contributed by atoms with Crippen LogP contribution >= 0.6 is 15.9 Å². The summed E-state index contributed by atoms with van der Waals surface area (Å²) in [4.78, 5) is 8.37. The van der Waals surface area contributed by atoms with Gasteiger partial charge in [0.05, 0.1) is 6.04 Å². The molecule has 0 aliphatic rings. The van der Waals surface area contributed by atoms with Gasteiger partial charge in [-0.2, -0.15) is 4.98 Å². The SMILES string of the molecule is CC(C)C[C@@H](N)c1nc(-c2cncc(Br)c2)no1. The van der Waals surface area contributed by atoms with Crippen LogP contribution in [0.25, 0.3) is 11.4 Å². The van der Waals surface area contributed by atoms with Crippen molar-refractivity contribution in [2.24, 2.45) is 11.7 Å². The standard InChI is InChI=1S/C12H15BrN4O/c1-7(2)3-10(14)12-16-11(17-18-12)8-4-9(13)6-15-5-8/h4-7,10H,3,14H2,1-2H3/t10-/m1/s1. The fourth-order valence-corrected chi connectivity index (χ4v) is 2.01. The van der Waals surface area contributed by atoms with Crippen molar-refractivity contribution in [3.05, 3.63) is 28.8 Å². The lowest BCUT2D eigenvalue weighted by Crippen LogP contribution is -2.13. The van der Waals surface area contributed by atoms with Gasteiger partial charge in [-0.3, -0.25) is 4.98 Å². The smallest absolute Gasteiger partial charge is 0.243 e. The quantitative estimate of drug-likeness (QED) is 0.939. The first-order valence-electron chi connectivity index (χ1n) is 5.76. The zero-order chi connectivity index (χ0) is 13.1. The first-order valence-corrected chi connectivity index (χ1v) is 6.55. The second-order valence-corrected chi connectivity index (χ2v) is 5.50. The molecule has 0 aromatic carbocycles. The summed E-state index contributed by atoms with van der Waals surface area (Å²) >= 11 is 3.35. The van der Waals surface area contributed by atoms with E-state index in [-0.39, 0.29) is 6.04 Å². The average Bonchev–Trinajstić information content (AvgIpc) is 2.77. The van der Waals surface area contributed by atoms with Crippen LogP contribution in [0.5, 0.6) is 0 Å². The van der Waals surface area contributed by atoms with Crippen molar-refractivity contribution in [3.8, 4) is 11.4 Å². The molecule has 2 rings (SSSR count). The van der Waals surface area contributed by atoms with Crippen LogP contribution in [0.3, 0.4) is 0 Å². The van der Waals surface area contributed by atoms with Crippen molar-refractivity contribution in [2.75, 3.05) is 0 Å². The fraction of sp³-hybridized carbons (Fsp3) is 0.417. The first kappa shape index (κ1) is 13.2. The zero-order valence-corrected chi connectivity index (χ0v) is 11.9. The third-order valence-corrected chi connectivity index (χ3v) is 2.88. The maximum absolute atomic E-state index is 6.00. The van der Waals surface area contributed by atoms with Gasteiger partial charge in [-0.05, 0) is 34.3 Å². The van der Waals surface area contributed by atoms with Gasteiger partial charge in [-0.15, -0.1) is 0 Å². The largest absolute Gasteiger partial charge is 0.337 e. The third-order valence-electron chi connectivity index (χ3n) is 2.45. The van der Waals surface area contributed by atoms with Crippen molar-refractivity contribution >= 4 is 15.9 Å². The summed E-state index contributed by atoms with van der Waals surface area (Å²) in [6.45, 7) is 4.21. The van der Waals surface area contributed by atoms with E-state index >= 15 is 0 Å². The molecule has 2 N–H and O–H groups in total. The fourth-order valence-electron chi connectivity index (χ4n) is 1.65. The number of nitrogens with two attached hydrogens (primary N) is 1. The summed E-state index contributed by atoms with van der Waals surface area (Å²) in [5, 5.41) is 3.93. The van der Waals surface area contributed by atoms with Gasteiger partial charge in [-0.25, -0.2) is 0 Å². The monoisotopic (exact) mass is 310 g/mol. The van der Waals surface area contributed by atoms with Crippen LogP contribution < -0.4 is 5.73 Å². The van der Waals surface area contributed by atoms with Crippen LogP contribution in [-0.2, 0) is 0 Å². The van der Waals surface area contributed by atoms with E-state index in [2.05, 4.69) is 44.9 Å². The third kappa shape index (κ3) is 3.14. The van der Waals surface area contributed by atoms with E-state index in [4.69, 9.17) is 10.3 Å². The molecule has 6 heteroatoms. The van der Waals surface area contributed by atoms with Gasteiger partial charge in [0, 0.05) is 22.4 Å². The van der Waals surface area contributed by atoms with Gasteiger partial charge in [0.15, 0.2) is 0 Å². The molecule has 0 spiro atoms. The molecular weight excluding hydrogens is 296 g/mol. The summed E-state index contributed by atoms with van der Waals surface area (Å²) in [5.41, 5.74) is 6.80. The summed E-state index contributed by atoms with van der Waals surface area (Å²) < 4.78 is 6.07. The molecule has 96 valence electrons. The number of aromatic nitrogens is 3. The summed E-state index contributed by atoms with van der Waals surface area (Å²) in [6.07, 6.45) is 4.21. The molecule has 0 radical (unpaired) electrons. The summed E-state index contributed by atoms with van der Waals surface area (Å²) in [6, 6.07) is 1.67. The van der Waals surface area contributed by atoms with Crippen LogP contribution in [0.2, 0.25) is 0 Å². The Labute approximate surface area is 114 Å². The topological polar surface area (TPSA) is 77.8 Å². The first-order chi connectivity index (χ1) is 8.56. The van der Waals surface area contributed by atoms with Crippen LogP contribution in [0.15, 0.2) is 27.5 Å². The molecule has 0 saturated heterocycles. The molecule has 2 aromatic rings. The number of rotatable bonds is 4. The molecule has 5 nitrogen and oxygen atoms in total. The minimum absolute atomic E-state index is 0.216. The van der Waals surface area contributed by atoms with E-state index in [1.54, 1.807) is 12.4 Å². The predicted octanol–water partition coefficient (Wildman–Crippen LogP) is 2.94. The predicted molar refractivity (Wildman–Crippen MR) is 71.6 cm³/mol. The minimum atomic E-state index is -0.216. The number of halogens is 1. The Kier molecular flexibility index (Phi) is 4.08. The molecular formula is C12H15BrN4O. The normalized spacial score (nSPS) is 12.9. The molecule has 0 bridgehead atoms. The molecule has 0 fully saturated rings. The van der Waals surface area contributed by atoms with Crippen LogP contribution in [-0.4, -0.2) is 15.1 Å². The Morgan fingerprint density at radius 1 is 1.39 bits per heavy atom. The Morgan fingerprint density at radius 3 is 2.83 bits per heavy atom. The number of hydrogen-bond donors (Lipinski definition) is 1. The summed E-state index contributed by atoms with van der Waals surface area (Å²) in [7, 11) is 0. The molecule has 2 aromatic heterocycles. The molecule has 0 unspecified atom stereocenters. The van der Waals surface area contributed by atoms with Gasteiger partial charge in [0.1, 0.15) is 0 Å². The highest BCUT2D eigenvalue weighted by molar-refractivity contribution is 9.10. The second kappa shape index (κ2) is 5.58. The van der Waals surface area contributed by atoms with Crippen LogP contribution in [0.1, 0.15) is 32.2 Å². The van der Waals surface area contributed by atoms with Crippen molar-refractivity contribution in [1.82, 2.24) is 15.1 Å². The van der Waals surface area contributed by atoms with Gasteiger partial charge < -0.3 is 10.3 Å². The van der Waals surface area contributed by atoms with Gasteiger partial charge in [0.2, 0.25) is 11.7 Å². The maximum Gasteiger partial charge on any atom is 0.243 e. The molecule has 0 aliphatic carbocycles. The Bertz CT molecular complexity index is 526. The van der Waals surface area contributed by atoms with E-state index in [0.717, 1.165) is 16.5 Å². The highest BCUT2D eigenvalue weighted by Gasteiger charge is 2.17. The van der Waals surface area contributed by atoms with Crippen molar-refractivity contribution < 1.29 is 4.52 Å². The van der Waals surface area contributed by atoms with Crippen molar-refractivity contribution in [3.63, 3.8) is 0 Å². The molecule has 0 aliphatic heterocycles. The highest BCUT2D eigenvalue weighted by atomic mass is 79.9. The number of pyridine rings is 1. The minimum Gasteiger partial charge on any atom is -0.337 e. The Morgan fingerprint density at radius 2 is 2.17 bits per heavy atom. The van der Waals surface area contributed by atoms with Gasteiger partial charge in [0.25, 0.3) is 0 Å². The molecule has 2 heterocycles. The zero-order valence-electron chi connectivity index (χ0n) is 10.3. The maximum atomic E-state index is 6.00. The lowest BCUT2D eigenvalue weighted by Gasteiger charge is -2.08. The Hall–Kier alpha value is -1.27. The molecule has 18 heavy (non-hydrogen) atoms. The molecule has 0 saturated carbocycles. The van der Waals surface area contributed by atoms with Crippen molar-refractivity contribution in [1.29, 1.82) is 0 Å². The van der Waals surface area contributed by atoms with E-state index in [9.17, 15) is 0 Å². The van der Waals surface area contributed by atoms with E-state index in [1.807, 2.05) is 6.07 Å². The van der Waals surface area contributed by atoms with Crippen LogP contribution in [0.4, 0.5) is 0 Å². The average molecular weight is 311 g/mol. The lowest BCUT2D eigenvalue weighted by molar-refractivity contribution is 0.335.